The Labute approximate surface area is 244 Å². The lowest BCUT2D eigenvalue weighted by Crippen LogP contribution is -2.34. The molecule has 0 aliphatic rings. The second kappa shape index (κ2) is 10.4. The fourth-order valence-corrected chi connectivity index (χ4v) is 6.26. The van der Waals surface area contributed by atoms with Crippen LogP contribution in [-0.4, -0.2) is 0 Å². The van der Waals surface area contributed by atoms with Crippen molar-refractivity contribution in [2.45, 2.75) is 176 Å². The molecule has 0 N–H and O–H groups in total. The standard InChI is InChI=1S/C39H64/c1-20-28(25-21-26(34(2,3)4)23-27(22-25)35(5,6)7)29-24-30(36(8,9)10)32(38(14,15)16)33(39(17,18)19)31(29)37(11,12)13/h21-24,28H,20H2,1-19H3. The molecule has 0 amide bonds. The molecule has 1 unspecified atom stereocenters. The van der Waals surface area contributed by atoms with E-state index in [2.05, 4.69) is 156 Å². The van der Waals surface area contributed by atoms with Gasteiger partial charge in [0, 0.05) is 5.92 Å². The molecule has 0 nitrogen and oxygen atoms in total. The lowest BCUT2D eigenvalue weighted by molar-refractivity contribution is 0.471. The van der Waals surface area contributed by atoms with Gasteiger partial charge >= 0.3 is 0 Å². The van der Waals surface area contributed by atoms with Gasteiger partial charge in [-0.2, -0.15) is 0 Å². The van der Waals surface area contributed by atoms with Crippen molar-refractivity contribution in [2.24, 2.45) is 0 Å². The van der Waals surface area contributed by atoms with Gasteiger partial charge in [0.2, 0.25) is 0 Å². The van der Waals surface area contributed by atoms with Crippen molar-refractivity contribution in [3.8, 4) is 0 Å². The molecule has 0 heterocycles. The van der Waals surface area contributed by atoms with Crippen LogP contribution in [0.25, 0.3) is 0 Å². The lowest BCUT2D eigenvalue weighted by Gasteiger charge is -2.43. The summed E-state index contributed by atoms with van der Waals surface area (Å²) in [6.07, 6.45) is 1.09. The third-order valence-electron chi connectivity index (χ3n) is 8.29. The second-order valence-corrected chi connectivity index (χ2v) is 18.4. The molecule has 0 fully saturated rings. The molecule has 0 saturated heterocycles. The largest absolute Gasteiger partial charge is 0.0645 e. The Morgan fingerprint density at radius 1 is 0.436 bits per heavy atom. The molecule has 0 aliphatic heterocycles. The van der Waals surface area contributed by atoms with Gasteiger partial charge in [-0.1, -0.05) is 156 Å². The van der Waals surface area contributed by atoms with E-state index in [1.54, 1.807) is 22.3 Å². The molecule has 0 aromatic heterocycles. The molecule has 0 radical (unpaired) electrons. The minimum atomic E-state index is 0.0241. The predicted octanol–water partition coefficient (Wildman–Crippen LogP) is 12.0. The summed E-state index contributed by atoms with van der Waals surface area (Å²) in [5.41, 5.74) is 12.5. The van der Waals surface area contributed by atoms with E-state index >= 15 is 0 Å². The van der Waals surface area contributed by atoms with E-state index in [0.29, 0.717) is 5.92 Å². The zero-order valence-electron chi connectivity index (χ0n) is 29.6. The zero-order chi connectivity index (χ0) is 30.7. The van der Waals surface area contributed by atoms with Crippen molar-refractivity contribution in [1.29, 1.82) is 0 Å². The Morgan fingerprint density at radius 3 is 1.10 bits per heavy atom. The molecule has 0 spiro atoms. The van der Waals surface area contributed by atoms with Gasteiger partial charge in [0.05, 0.1) is 0 Å². The van der Waals surface area contributed by atoms with E-state index < -0.39 is 0 Å². The summed E-state index contributed by atoms with van der Waals surface area (Å²) in [5.74, 6) is 0.346. The maximum atomic E-state index is 2.64. The zero-order valence-corrected chi connectivity index (χ0v) is 29.6. The van der Waals surface area contributed by atoms with E-state index in [9.17, 15) is 0 Å². The Morgan fingerprint density at radius 2 is 0.821 bits per heavy atom. The van der Waals surface area contributed by atoms with Crippen LogP contribution in [0.3, 0.4) is 0 Å². The monoisotopic (exact) mass is 533 g/mol. The maximum absolute atomic E-state index is 2.64. The van der Waals surface area contributed by atoms with Gasteiger partial charge in [0.15, 0.2) is 0 Å². The van der Waals surface area contributed by atoms with Gasteiger partial charge < -0.3 is 0 Å². The van der Waals surface area contributed by atoms with Crippen LogP contribution in [0.15, 0.2) is 24.3 Å². The van der Waals surface area contributed by atoms with Crippen LogP contribution in [-0.2, 0) is 32.5 Å². The minimum Gasteiger partial charge on any atom is -0.0645 e. The minimum absolute atomic E-state index is 0.0241. The fourth-order valence-electron chi connectivity index (χ4n) is 6.26. The van der Waals surface area contributed by atoms with E-state index in [0.717, 1.165) is 6.42 Å². The summed E-state index contributed by atoms with van der Waals surface area (Å²) in [5, 5.41) is 0. The summed E-state index contributed by atoms with van der Waals surface area (Å²) in [6.45, 7) is 45.6. The highest BCUT2D eigenvalue weighted by atomic mass is 14.4. The SMILES string of the molecule is CCC(c1cc(C(C)(C)C)cc(C(C)(C)C)c1)c1cc(C(C)(C)C)c(C(C)(C)C)c(C(C)(C)C)c1C(C)(C)C. The first-order chi connectivity index (χ1) is 17.1. The molecule has 39 heavy (non-hydrogen) atoms. The molecule has 2 aromatic carbocycles. The van der Waals surface area contributed by atoms with Crippen LogP contribution >= 0.6 is 0 Å². The summed E-state index contributed by atoms with van der Waals surface area (Å²) in [6, 6.07) is 10.2. The smallest absolute Gasteiger partial charge is 0.00900 e. The molecule has 0 aliphatic carbocycles. The second-order valence-electron chi connectivity index (χ2n) is 18.4. The first-order valence-corrected chi connectivity index (χ1v) is 15.5. The summed E-state index contributed by atoms with van der Waals surface area (Å²) >= 11 is 0. The molecule has 0 bridgehead atoms. The predicted molar refractivity (Wildman–Crippen MR) is 177 cm³/mol. The third kappa shape index (κ3) is 7.40. The highest BCUT2D eigenvalue weighted by Crippen LogP contribution is 2.50. The van der Waals surface area contributed by atoms with E-state index in [1.165, 1.54) is 22.3 Å². The average Bonchev–Trinajstić information content (AvgIpc) is 2.69. The molecule has 0 saturated carbocycles. The van der Waals surface area contributed by atoms with Crippen molar-refractivity contribution < 1.29 is 0 Å². The molecule has 0 heteroatoms. The van der Waals surface area contributed by atoms with Gasteiger partial charge in [-0.25, -0.2) is 0 Å². The van der Waals surface area contributed by atoms with Crippen LogP contribution in [0, 0.1) is 0 Å². The van der Waals surface area contributed by atoms with E-state index in [4.69, 9.17) is 0 Å². The Balaban J connectivity index is 3.26. The fraction of sp³-hybridized carbons (Fsp3) is 0.692. The van der Waals surface area contributed by atoms with Crippen LogP contribution in [0.5, 0.6) is 0 Å². The highest BCUT2D eigenvalue weighted by molar-refractivity contribution is 5.59. The Bertz CT molecular complexity index is 1130. The van der Waals surface area contributed by atoms with Gasteiger partial charge in [-0.05, 0) is 83.4 Å². The first-order valence-electron chi connectivity index (χ1n) is 15.5. The van der Waals surface area contributed by atoms with E-state index in [-0.39, 0.29) is 32.5 Å². The van der Waals surface area contributed by atoms with Gasteiger partial charge in [-0.15, -0.1) is 0 Å². The molecule has 2 aromatic rings. The summed E-state index contributed by atoms with van der Waals surface area (Å²) < 4.78 is 0. The molecular weight excluding hydrogens is 468 g/mol. The average molecular weight is 533 g/mol. The Kier molecular flexibility index (Phi) is 8.94. The highest BCUT2D eigenvalue weighted by Gasteiger charge is 2.39. The normalized spacial score (nSPS) is 15.1. The quantitative estimate of drug-likeness (QED) is 0.369. The van der Waals surface area contributed by atoms with Crippen molar-refractivity contribution >= 4 is 0 Å². The van der Waals surface area contributed by atoms with Crippen molar-refractivity contribution in [1.82, 2.24) is 0 Å². The first kappa shape index (κ1) is 33.6. The van der Waals surface area contributed by atoms with Crippen LogP contribution in [0.1, 0.15) is 188 Å². The van der Waals surface area contributed by atoms with Crippen molar-refractivity contribution in [3.63, 3.8) is 0 Å². The topological polar surface area (TPSA) is 0 Å². The summed E-state index contributed by atoms with van der Waals surface area (Å²) in [7, 11) is 0. The maximum Gasteiger partial charge on any atom is 0.00900 e. The van der Waals surface area contributed by atoms with Crippen molar-refractivity contribution in [3.05, 3.63) is 68.8 Å². The van der Waals surface area contributed by atoms with Gasteiger partial charge in [0.25, 0.3) is 0 Å². The number of benzene rings is 2. The van der Waals surface area contributed by atoms with Crippen LogP contribution < -0.4 is 0 Å². The summed E-state index contributed by atoms with van der Waals surface area (Å²) in [4.78, 5) is 0. The van der Waals surface area contributed by atoms with Gasteiger partial charge in [0.1, 0.15) is 0 Å². The number of rotatable bonds is 3. The lowest BCUT2D eigenvalue weighted by atomic mass is 9.61. The van der Waals surface area contributed by atoms with Crippen molar-refractivity contribution in [2.75, 3.05) is 0 Å². The molecule has 1 atom stereocenters. The number of hydrogen-bond donors (Lipinski definition) is 0. The van der Waals surface area contributed by atoms with Crippen LogP contribution in [0.2, 0.25) is 0 Å². The molecule has 220 valence electrons. The van der Waals surface area contributed by atoms with Gasteiger partial charge in [-0.3, -0.25) is 0 Å². The Hall–Kier alpha value is -1.56. The third-order valence-corrected chi connectivity index (χ3v) is 8.29. The van der Waals surface area contributed by atoms with E-state index in [1.807, 2.05) is 0 Å². The van der Waals surface area contributed by atoms with Crippen LogP contribution in [0.4, 0.5) is 0 Å². The molecular formula is C39H64. The molecule has 2 rings (SSSR count). The number of hydrogen-bond acceptors (Lipinski definition) is 0.